The van der Waals surface area contributed by atoms with E-state index in [4.69, 9.17) is 0 Å². The summed E-state index contributed by atoms with van der Waals surface area (Å²) in [6.07, 6.45) is 9.50. The van der Waals surface area contributed by atoms with E-state index in [9.17, 15) is 3.80 Å². The van der Waals surface area contributed by atoms with Crippen molar-refractivity contribution in [2.75, 3.05) is 0 Å². The van der Waals surface area contributed by atoms with Gasteiger partial charge >= 0.3 is 116 Å². The van der Waals surface area contributed by atoms with E-state index in [-0.39, 0.29) is 0 Å². The SMILES string of the molecule is CCC[CH2][Cr](=[O])([CH2]CCC)([CH2]CCC)[CH2]CCC. The molecule has 18 heavy (non-hydrogen) atoms. The number of hydrogen-bond donors (Lipinski definition) is 0. The summed E-state index contributed by atoms with van der Waals surface area (Å²) in [7, 11) is 0. The fourth-order valence-corrected chi connectivity index (χ4v) is 10.9. The van der Waals surface area contributed by atoms with Gasteiger partial charge in [-0.2, -0.15) is 0 Å². The minimum atomic E-state index is -3.06. The van der Waals surface area contributed by atoms with E-state index in [1.165, 1.54) is 51.4 Å². The minimum absolute atomic E-state index is 1.07. The molecule has 0 fully saturated rings. The summed E-state index contributed by atoms with van der Waals surface area (Å²) >= 11 is -3.06. The summed E-state index contributed by atoms with van der Waals surface area (Å²) in [5.41, 5.74) is 0. The molecule has 0 aromatic carbocycles. The monoisotopic (exact) mass is 296 g/mol. The van der Waals surface area contributed by atoms with Gasteiger partial charge in [0.15, 0.2) is 0 Å². The van der Waals surface area contributed by atoms with Crippen LogP contribution in [0.1, 0.15) is 79.1 Å². The van der Waals surface area contributed by atoms with Gasteiger partial charge < -0.3 is 0 Å². The van der Waals surface area contributed by atoms with E-state index in [2.05, 4.69) is 27.7 Å². The van der Waals surface area contributed by atoms with Crippen LogP contribution in [0.3, 0.4) is 0 Å². The van der Waals surface area contributed by atoms with Crippen LogP contribution in [0.5, 0.6) is 0 Å². The topological polar surface area (TPSA) is 17.1 Å². The first-order valence-corrected chi connectivity index (χ1v) is 12.3. The van der Waals surface area contributed by atoms with Gasteiger partial charge in [0.05, 0.1) is 0 Å². The van der Waals surface area contributed by atoms with Gasteiger partial charge in [-0.05, 0) is 0 Å². The number of unbranched alkanes of at least 4 members (excludes halogenated alkanes) is 4. The van der Waals surface area contributed by atoms with Crippen LogP contribution in [0.15, 0.2) is 0 Å². The molecule has 0 amide bonds. The van der Waals surface area contributed by atoms with E-state index >= 15 is 0 Å². The van der Waals surface area contributed by atoms with Crippen LogP contribution in [0.25, 0.3) is 0 Å². The molecule has 0 N–H and O–H groups in total. The maximum atomic E-state index is 13.9. The zero-order valence-corrected chi connectivity index (χ0v) is 14.6. The summed E-state index contributed by atoms with van der Waals surface area (Å²) in [6, 6.07) is 0. The molecule has 0 heterocycles. The average Bonchev–Trinajstić information content (AvgIpc) is 2.40. The molecular weight excluding hydrogens is 260 g/mol. The fourth-order valence-electron chi connectivity index (χ4n) is 2.65. The first-order chi connectivity index (χ1) is 8.54. The summed E-state index contributed by atoms with van der Waals surface area (Å²) in [5.74, 6) is 0. The molecule has 0 spiro atoms. The van der Waals surface area contributed by atoms with Crippen molar-refractivity contribution in [1.29, 1.82) is 0 Å². The van der Waals surface area contributed by atoms with Gasteiger partial charge in [0.25, 0.3) is 0 Å². The molecule has 0 aliphatic rings. The first kappa shape index (κ1) is 18.3. The molecule has 1 nitrogen and oxygen atoms in total. The maximum absolute atomic E-state index is 13.9. The van der Waals surface area contributed by atoms with Crippen LogP contribution in [0, 0.1) is 0 Å². The molecule has 0 radical (unpaired) electrons. The number of hydrogen-bond acceptors (Lipinski definition) is 1. The quantitative estimate of drug-likeness (QED) is 0.383. The van der Waals surface area contributed by atoms with Crippen molar-refractivity contribution in [2.45, 2.75) is 100 Å². The van der Waals surface area contributed by atoms with E-state index in [0.29, 0.717) is 0 Å². The first-order valence-electron chi connectivity index (χ1n) is 8.15. The third-order valence-corrected chi connectivity index (χ3v) is 12.3. The zero-order chi connectivity index (χ0) is 13.9. The third-order valence-electron chi connectivity index (χ3n) is 4.06. The molecule has 0 aliphatic heterocycles. The molecule has 112 valence electrons. The molecule has 0 atom stereocenters. The van der Waals surface area contributed by atoms with E-state index in [1.54, 1.807) is 0 Å². The summed E-state index contributed by atoms with van der Waals surface area (Å²) in [6.45, 7) is 8.91. The zero-order valence-electron chi connectivity index (χ0n) is 13.3. The average molecular weight is 296 g/mol. The molecule has 0 rings (SSSR count). The molecule has 2 heteroatoms. The molecule has 0 saturated carbocycles. The Morgan fingerprint density at radius 2 is 0.778 bits per heavy atom. The van der Waals surface area contributed by atoms with Crippen LogP contribution < -0.4 is 0 Å². The normalized spacial score (nSPS) is 14.3. The van der Waals surface area contributed by atoms with Gasteiger partial charge in [0.2, 0.25) is 0 Å². The van der Waals surface area contributed by atoms with E-state index in [0.717, 1.165) is 21.1 Å². The van der Waals surface area contributed by atoms with Crippen molar-refractivity contribution < 1.29 is 15.7 Å². The Morgan fingerprint density at radius 1 is 0.556 bits per heavy atom. The molecular formula is C16H36CrO. The molecule has 0 aromatic rings. The molecule has 0 aromatic heterocycles. The van der Waals surface area contributed by atoms with Gasteiger partial charge in [-0.3, -0.25) is 0 Å². The van der Waals surface area contributed by atoms with Crippen LogP contribution in [0.2, 0.25) is 21.1 Å². The Balaban J connectivity index is 4.89. The molecule has 0 saturated heterocycles. The second-order valence-electron chi connectivity index (χ2n) is 5.93. The van der Waals surface area contributed by atoms with Crippen LogP contribution in [-0.2, 0) is 15.7 Å². The van der Waals surface area contributed by atoms with Crippen molar-refractivity contribution in [1.82, 2.24) is 0 Å². The standard InChI is InChI=1S/4C4H9.Cr.O/c4*1-3-4-2;;/h4*1,3-4H2,2H3;;. The predicted octanol–water partition coefficient (Wildman–Crippen LogP) is 6.90. The Labute approximate surface area is 116 Å². The van der Waals surface area contributed by atoms with Crippen LogP contribution in [0.4, 0.5) is 0 Å². The van der Waals surface area contributed by atoms with Gasteiger partial charge in [0.1, 0.15) is 0 Å². The van der Waals surface area contributed by atoms with Crippen molar-refractivity contribution >= 4 is 0 Å². The molecule has 0 unspecified atom stereocenters. The van der Waals surface area contributed by atoms with Crippen LogP contribution >= 0.6 is 0 Å². The molecule has 0 aliphatic carbocycles. The van der Waals surface area contributed by atoms with Gasteiger partial charge in [0, 0.05) is 0 Å². The van der Waals surface area contributed by atoms with Gasteiger partial charge in [-0.15, -0.1) is 0 Å². The Morgan fingerprint density at radius 3 is 0.944 bits per heavy atom. The van der Waals surface area contributed by atoms with E-state index in [1.807, 2.05) is 0 Å². The van der Waals surface area contributed by atoms with Gasteiger partial charge in [-0.1, -0.05) is 0 Å². The predicted molar refractivity (Wildman–Crippen MR) is 79.5 cm³/mol. The van der Waals surface area contributed by atoms with Crippen molar-refractivity contribution in [2.24, 2.45) is 0 Å². The van der Waals surface area contributed by atoms with E-state index < -0.39 is 11.9 Å². The Hall–Kier alpha value is 0.332. The van der Waals surface area contributed by atoms with Crippen molar-refractivity contribution in [3.63, 3.8) is 0 Å². The molecule has 0 bridgehead atoms. The van der Waals surface area contributed by atoms with Crippen molar-refractivity contribution in [3.8, 4) is 0 Å². The Kier molecular flexibility index (Phi) is 9.44. The number of rotatable bonds is 12. The summed E-state index contributed by atoms with van der Waals surface area (Å²) < 4.78 is 13.9. The van der Waals surface area contributed by atoms with Crippen LogP contribution in [-0.4, -0.2) is 0 Å². The van der Waals surface area contributed by atoms with Crippen molar-refractivity contribution in [3.05, 3.63) is 0 Å². The third kappa shape index (κ3) is 6.48. The second-order valence-corrected chi connectivity index (χ2v) is 13.8. The van der Waals surface area contributed by atoms with Gasteiger partial charge in [-0.25, -0.2) is 0 Å². The Bertz CT molecular complexity index is 204. The second kappa shape index (κ2) is 9.27. The fraction of sp³-hybridized carbons (Fsp3) is 1.00. The summed E-state index contributed by atoms with van der Waals surface area (Å²) in [5, 5.41) is 4.26. The summed E-state index contributed by atoms with van der Waals surface area (Å²) in [4.78, 5) is 0.